The maximum atomic E-state index is 11.7. The molecule has 0 spiro atoms. The van der Waals surface area contributed by atoms with Crippen molar-refractivity contribution in [2.24, 2.45) is 7.05 Å². The Morgan fingerprint density at radius 3 is 2.88 bits per heavy atom. The highest BCUT2D eigenvalue weighted by Gasteiger charge is 2.12. The summed E-state index contributed by atoms with van der Waals surface area (Å²) in [6.45, 7) is 0. The van der Waals surface area contributed by atoms with Crippen LogP contribution in [-0.4, -0.2) is 28.6 Å². The standard InChI is InChI=1S/C12H12N2O3/c1-14-10-4-3-8(5-9(10)7-13-14)11(15)6-12(16)17-2/h3-5,7H,6H2,1-2H3. The number of fused-ring (bicyclic) bond motifs is 1. The monoisotopic (exact) mass is 232 g/mol. The van der Waals surface area contributed by atoms with Crippen LogP contribution in [0, 0.1) is 0 Å². The Bertz CT molecular complexity index is 586. The first-order valence-corrected chi connectivity index (χ1v) is 5.13. The number of ether oxygens (including phenoxy) is 1. The van der Waals surface area contributed by atoms with Crippen LogP contribution in [0.5, 0.6) is 0 Å². The molecule has 17 heavy (non-hydrogen) atoms. The quantitative estimate of drug-likeness (QED) is 0.455. The lowest BCUT2D eigenvalue weighted by Gasteiger charge is -2.00. The Morgan fingerprint density at radius 1 is 1.41 bits per heavy atom. The molecule has 1 aromatic heterocycles. The summed E-state index contributed by atoms with van der Waals surface area (Å²) in [5, 5.41) is 4.97. The Balaban J connectivity index is 2.30. The number of hydrogen-bond donors (Lipinski definition) is 0. The smallest absolute Gasteiger partial charge is 0.313 e. The van der Waals surface area contributed by atoms with Gasteiger partial charge in [0.05, 0.1) is 18.8 Å². The van der Waals surface area contributed by atoms with E-state index in [4.69, 9.17) is 0 Å². The van der Waals surface area contributed by atoms with Crippen LogP contribution in [0.1, 0.15) is 16.8 Å². The largest absolute Gasteiger partial charge is 0.469 e. The molecule has 1 aromatic carbocycles. The van der Waals surface area contributed by atoms with Crippen LogP contribution in [0.2, 0.25) is 0 Å². The van der Waals surface area contributed by atoms with Gasteiger partial charge in [-0.3, -0.25) is 14.3 Å². The highest BCUT2D eigenvalue weighted by Crippen LogP contribution is 2.16. The number of rotatable bonds is 3. The Morgan fingerprint density at radius 2 is 2.18 bits per heavy atom. The van der Waals surface area contributed by atoms with Gasteiger partial charge in [0.1, 0.15) is 6.42 Å². The molecule has 0 saturated heterocycles. The van der Waals surface area contributed by atoms with E-state index in [9.17, 15) is 9.59 Å². The number of ketones is 1. The summed E-state index contributed by atoms with van der Waals surface area (Å²) in [5.41, 5.74) is 1.44. The molecule has 0 bridgehead atoms. The summed E-state index contributed by atoms with van der Waals surface area (Å²) < 4.78 is 6.18. The Labute approximate surface area is 98.0 Å². The average Bonchev–Trinajstić information content (AvgIpc) is 2.70. The first-order valence-electron chi connectivity index (χ1n) is 5.13. The van der Waals surface area contributed by atoms with E-state index in [0.29, 0.717) is 5.56 Å². The fourth-order valence-corrected chi connectivity index (χ4v) is 1.64. The van der Waals surface area contributed by atoms with Gasteiger partial charge in [-0.2, -0.15) is 5.10 Å². The number of carbonyl (C=O) groups excluding carboxylic acids is 2. The van der Waals surface area contributed by atoms with Crippen molar-refractivity contribution in [1.82, 2.24) is 9.78 Å². The third kappa shape index (κ3) is 2.18. The molecule has 2 rings (SSSR count). The molecule has 0 atom stereocenters. The van der Waals surface area contributed by atoms with Crippen molar-refractivity contribution >= 4 is 22.7 Å². The van der Waals surface area contributed by atoms with Crippen LogP contribution in [-0.2, 0) is 16.6 Å². The number of carbonyl (C=O) groups is 2. The number of benzene rings is 1. The zero-order chi connectivity index (χ0) is 12.4. The molecule has 2 aromatic rings. The van der Waals surface area contributed by atoms with Crippen molar-refractivity contribution in [2.45, 2.75) is 6.42 Å². The number of nitrogens with zero attached hydrogens (tertiary/aromatic N) is 2. The van der Waals surface area contributed by atoms with E-state index in [1.807, 2.05) is 13.1 Å². The van der Waals surface area contributed by atoms with E-state index in [1.165, 1.54) is 7.11 Å². The molecular formula is C12H12N2O3. The van der Waals surface area contributed by atoms with Crippen molar-refractivity contribution in [3.05, 3.63) is 30.0 Å². The minimum absolute atomic E-state index is 0.234. The Kier molecular flexibility index (Phi) is 2.91. The summed E-state index contributed by atoms with van der Waals surface area (Å²) in [4.78, 5) is 22.7. The van der Waals surface area contributed by atoms with Crippen LogP contribution in [0.4, 0.5) is 0 Å². The van der Waals surface area contributed by atoms with Crippen molar-refractivity contribution in [3.8, 4) is 0 Å². The lowest BCUT2D eigenvalue weighted by molar-refractivity contribution is -0.139. The van der Waals surface area contributed by atoms with E-state index in [0.717, 1.165) is 10.9 Å². The van der Waals surface area contributed by atoms with Crippen molar-refractivity contribution < 1.29 is 14.3 Å². The minimum atomic E-state index is -0.527. The zero-order valence-electron chi connectivity index (χ0n) is 9.64. The normalized spacial score (nSPS) is 10.5. The third-order valence-corrected chi connectivity index (χ3v) is 2.60. The number of hydrogen-bond acceptors (Lipinski definition) is 4. The lowest BCUT2D eigenvalue weighted by atomic mass is 10.1. The van der Waals surface area contributed by atoms with Crippen molar-refractivity contribution in [2.75, 3.05) is 7.11 Å². The molecule has 0 N–H and O–H groups in total. The molecule has 0 aliphatic heterocycles. The number of Topliss-reactive ketones (excluding diaryl/α,β-unsaturated/α-hetero) is 1. The van der Waals surface area contributed by atoms with E-state index >= 15 is 0 Å². The van der Waals surface area contributed by atoms with Crippen LogP contribution in [0.15, 0.2) is 24.4 Å². The summed E-state index contributed by atoms with van der Waals surface area (Å²) in [6.07, 6.45) is 1.45. The first kappa shape index (κ1) is 11.3. The molecule has 0 amide bonds. The van der Waals surface area contributed by atoms with Gasteiger partial charge in [0.15, 0.2) is 5.78 Å². The van der Waals surface area contributed by atoms with Crippen molar-refractivity contribution in [1.29, 1.82) is 0 Å². The lowest BCUT2D eigenvalue weighted by Crippen LogP contribution is -2.09. The van der Waals surface area contributed by atoms with E-state index < -0.39 is 5.97 Å². The predicted molar refractivity (Wildman–Crippen MR) is 61.7 cm³/mol. The maximum absolute atomic E-state index is 11.7. The molecule has 0 aliphatic carbocycles. The van der Waals surface area contributed by atoms with E-state index in [-0.39, 0.29) is 12.2 Å². The van der Waals surface area contributed by atoms with Gasteiger partial charge in [0, 0.05) is 18.0 Å². The third-order valence-electron chi connectivity index (χ3n) is 2.60. The summed E-state index contributed by atoms with van der Waals surface area (Å²) >= 11 is 0. The average molecular weight is 232 g/mol. The van der Waals surface area contributed by atoms with Crippen LogP contribution >= 0.6 is 0 Å². The second-order valence-corrected chi connectivity index (χ2v) is 3.72. The number of esters is 1. The summed E-state index contributed by atoms with van der Waals surface area (Å²) in [6, 6.07) is 5.23. The van der Waals surface area contributed by atoms with Crippen molar-refractivity contribution in [3.63, 3.8) is 0 Å². The predicted octanol–water partition coefficient (Wildman–Crippen LogP) is 1.32. The zero-order valence-corrected chi connectivity index (χ0v) is 9.64. The summed E-state index contributed by atoms with van der Waals surface area (Å²) in [5.74, 6) is -0.774. The van der Waals surface area contributed by atoms with E-state index in [2.05, 4.69) is 9.84 Å². The van der Waals surface area contributed by atoms with Gasteiger partial charge in [0.25, 0.3) is 0 Å². The molecule has 5 heteroatoms. The van der Waals surface area contributed by atoms with Crippen LogP contribution in [0.3, 0.4) is 0 Å². The highest BCUT2D eigenvalue weighted by molar-refractivity contribution is 6.07. The number of aryl methyl sites for hydroxylation is 1. The molecule has 5 nitrogen and oxygen atoms in total. The molecule has 0 aliphatic rings. The second-order valence-electron chi connectivity index (χ2n) is 3.72. The fraction of sp³-hybridized carbons (Fsp3) is 0.250. The second kappa shape index (κ2) is 4.37. The maximum Gasteiger partial charge on any atom is 0.313 e. The van der Waals surface area contributed by atoms with Gasteiger partial charge >= 0.3 is 5.97 Å². The van der Waals surface area contributed by atoms with E-state index in [1.54, 1.807) is 23.0 Å². The molecule has 0 radical (unpaired) electrons. The molecule has 1 heterocycles. The molecule has 88 valence electrons. The van der Waals surface area contributed by atoms with Gasteiger partial charge in [-0.15, -0.1) is 0 Å². The van der Waals surface area contributed by atoms with Gasteiger partial charge < -0.3 is 4.74 Å². The topological polar surface area (TPSA) is 61.2 Å². The molecular weight excluding hydrogens is 220 g/mol. The van der Waals surface area contributed by atoms with Crippen LogP contribution < -0.4 is 0 Å². The van der Waals surface area contributed by atoms with Gasteiger partial charge in [0.2, 0.25) is 0 Å². The molecule has 0 unspecified atom stereocenters. The number of methoxy groups -OCH3 is 1. The fourth-order valence-electron chi connectivity index (χ4n) is 1.64. The SMILES string of the molecule is COC(=O)CC(=O)c1ccc2c(cnn2C)c1. The summed E-state index contributed by atoms with van der Waals surface area (Å²) in [7, 11) is 3.10. The van der Waals surface area contributed by atoms with Gasteiger partial charge in [-0.05, 0) is 18.2 Å². The molecule has 0 saturated carbocycles. The first-order chi connectivity index (χ1) is 8.11. The highest BCUT2D eigenvalue weighted by atomic mass is 16.5. The van der Waals surface area contributed by atoms with Crippen LogP contribution in [0.25, 0.3) is 10.9 Å². The minimum Gasteiger partial charge on any atom is -0.469 e. The van der Waals surface area contributed by atoms with Gasteiger partial charge in [-0.25, -0.2) is 0 Å². The number of aromatic nitrogens is 2. The Hall–Kier alpha value is -2.17. The molecule has 0 fully saturated rings. The van der Waals surface area contributed by atoms with Gasteiger partial charge in [-0.1, -0.05) is 0 Å².